The van der Waals surface area contributed by atoms with Crippen LogP contribution in [0.4, 0.5) is 4.79 Å². The predicted molar refractivity (Wildman–Crippen MR) is 112 cm³/mol. The van der Waals surface area contributed by atoms with Gasteiger partial charge in [-0.3, -0.25) is 9.59 Å². The Bertz CT molecular complexity index is 760. The highest BCUT2D eigenvalue weighted by Crippen LogP contribution is 2.22. The molecule has 0 bridgehead atoms. The molecule has 0 unspecified atom stereocenters. The number of amides is 2. The molecule has 0 aromatic heterocycles. The van der Waals surface area contributed by atoms with Gasteiger partial charge in [0.2, 0.25) is 18.5 Å². The second-order valence-corrected chi connectivity index (χ2v) is 7.95. The number of likely N-dealkylation sites (tertiary alicyclic amines) is 1. The summed E-state index contributed by atoms with van der Waals surface area (Å²) in [6, 6.07) is 8.04. The normalized spacial score (nSPS) is 17.6. The zero-order valence-electron chi connectivity index (χ0n) is 16.7. The molecule has 10 heteroatoms. The van der Waals surface area contributed by atoms with Gasteiger partial charge in [-0.1, -0.05) is 37.3 Å². The third-order valence-electron chi connectivity index (χ3n) is 4.74. The molecule has 1 heterocycles. The first-order valence-corrected chi connectivity index (χ1v) is 10.6. The molecule has 2 rings (SSSR count). The zero-order valence-corrected chi connectivity index (χ0v) is 17.5. The Balaban J connectivity index is 1.90. The third-order valence-corrected chi connectivity index (χ3v) is 5.76. The van der Waals surface area contributed by atoms with E-state index in [1.54, 1.807) is 6.92 Å². The minimum Gasteiger partial charge on any atom is -0.431 e. The minimum atomic E-state index is -0.681. The SMILES string of the molecule is C[C@H](CSC(=O)OCN=O)C(=O)N1CCC[C@H]1C(=O)N[C@@H](C=O)Cc1ccccc1. The van der Waals surface area contributed by atoms with Crippen LogP contribution in [-0.2, 0) is 25.5 Å². The second-order valence-electron chi connectivity index (χ2n) is 7.00. The van der Waals surface area contributed by atoms with E-state index in [2.05, 4.69) is 15.2 Å². The Labute approximate surface area is 178 Å². The summed E-state index contributed by atoms with van der Waals surface area (Å²) in [6.07, 6.45) is 2.27. The Morgan fingerprint density at radius 1 is 1.33 bits per heavy atom. The number of hydrogen-bond acceptors (Lipinski definition) is 8. The lowest BCUT2D eigenvalue weighted by atomic mass is 10.1. The van der Waals surface area contributed by atoms with Gasteiger partial charge in [0.05, 0.1) is 6.04 Å². The fraction of sp³-hybridized carbons (Fsp3) is 0.500. The first-order valence-electron chi connectivity index (χ1n) is 9.65. The van der Waals surface area contributed by atoms with Crippen molar-refractivity contribution in [1.29, 1.82) is 0 Å². The molecule has 9 nitrogen and oxygen atoms in total. The average Bonchev–Trinajstić information content (AvgIpc) is 3.25. The Morgan fingerprint density at radius 3 is 2.73 bits per heavy atom. The van der Waals surface area contributed by atoms with Crippen molar-refractivity contribution in [2.45, 2.75) is 38.3 Å². The highest BCUT2D eigenvalue weighted by atomic mass is 32.2. The predicted octanol–water partition coefficient (Wildman–Crippen LogP) is 2.13. The number of carbonyl (C=O) groups excluding carboxylic acids is 4. The van der Waals surface area contributed by atoms with E-state index >= 15 is 0 Å². The molecule has 2 amide bonds. The van der Waals surface area contributed by atoms with Crippen molar-refractivity contribution in [3.63, 3.8) is 0 Å². The molecule has 0 radical (unpaired) electrons. The highest BCUT2D eigenvalue weighted by molar-refractivity contribution is 8.13. The van der Waals surface area contributed by atoms with Gasteiger partial charge < -0.3 is 19.7 Å². The fourth-order valence-corrected chi connectivity index (χ4v) is 3.92. The second kappa shape index (κ2) is 12.1. The summed E-state index contributed by atoms with van der Waals surface area (Å²) < 4.78 is 4.53. The summed E-state index contributed by atoms with van der Waals surface area (Å²) in [5.74, 6) is -0.963. The summed E-state index contributed by atoms with van der Waals surface area (Å²) in [4.78, 5) is 59.9. The maximum Gasteiger partial charge on any atom is 0.369 e. The van der Waals surface area contributed by atoms with Crippen molar-refractivity contribution in [3.05, 3.63) is 40.8 Å². The quantitative estimate of drug-likeness (QED) is 0.339. The van der Waals surface area contributed by atoms with Crippen molar-refractivity contribution >= 4 is 35.2 Å². The van der Waals surface area contributed by atoms with Gasteiger partial charge in [0.15, 0.2) is 0 Å². The third kappa shape index (κ3) is 6.94. The molecular formula is C20H25N3O6S. The van der Waals surface area contributed by atoms with Crippen LogP contribution < -0.4 is 5.32 Å². The van der Waals surface area contributed by atoms with Crippen molar-refractivity contribution in [1.82, 2.24) is 10.2 Å². The fourth-order valence-electron chi connectivity index (χ4n) is 3.25. The van der Waals surface area contributed by atoms with Gasteiger partial charge in [-0.25, -0.2) is 4.79 Å². The van der Waals surface area contributed by atoms with Crippen molar-refractivity contribution in [2.24, 2.45) is 11.1 Å². The minimum absolute atomic E-state index is 0.159. The summed E-state index contributed by atoms with van der Waals surface area (Å²) in [5.41, 5.74) is 0.927. The molecule has 1 aromatic rings. The van der Waals surface area contributed by atoms with Crippen molar-refractivity contribution < 1.29 is 23.9 Å². The Kier molecular flexibility index (Phi) is 9.46. The summed E-state index contributed by atoms with van der Waals surface area (Å²) in [6.45, 7) is 1.54. The van der Waals surface area contributed by atoms with Crippen LogP contribution in [0, 0.1) is 10.8 Å². The van der Waals surface area contributed by atoms with Gasteiger partial charge in [0.25, 0.3) is 0 Å². The lowest BCUT2D eigenvalue weighted by Gasteiger charge is -2.27. The van der Waals surface area contributed by atoms with E-state index in [0.29, 0.717) is 32.1 Å². The molecule has 0 spiro atoms. The van der Waals surface area contributed by atoms with Gasteiger partial charge in [0.1, 0.15) is 12.3 Å². The number of hydrogen-bond donors (Lipinski definition) is 1. The maximum atomic E-state index is 12.8. The van der Waals surface area contributed by atoms with Crippen molar-refractivity contribution in [2.75, 3.05) is 19.0 Å². The monoisotopic (exact) mass is 435 g/mol. The number of ether oxygens (including phenoxy) is 1. The largest absolute Gasteiger partial charge is 0.431 e. The molecule has 1 aliphatic heterocycles. The van der Waals surface area contributed by atoms with Crippen LogP contribution in [0.1, 0.15) is 25.3 Å². The molecule has 1 aliphatic rings. The first-order chi connectivity index (χ1) is 14.5. The summed E-state index contributed by atoms with van der Waals surface area (Å²) >= 11 is 0.782. The molecule has 162 valence electrons. The average molecular weight is 436 g/mol. The number of nitroso groups, excluding NO2 is 1. The number of rotatable bonds is 10. The highest BCUT2D eigenvalue weighted by Gasteiger charge is 2.36. The number of thioether (sulfide) groups is 1. The van der Waals surface area contributed by atoms with Crippen LogP contribution >= 0.6 is 11.8 Å². The maximum absolute atomic E-state index is 12.8. The molecule has 30 heavy (non-hydrogen) atoms. The lowest BCUT2D eigenvalue weighted by molar-refractivity contribution is -0.141. The van der Waals surface area contributed by atoms with Gasteiger partial charge in [0, 0.05) is 18.2 Å². The van der Waals surface area contributed by atoms with Crippen LogP contribution in [-0.4, -0.2) is 59.4 Å². The van der Waals surface area contributed by atoms with Gasteiger partial charge in [-0.2, -0.15) is 0 Å². The molecule has 0 aliphatic carbocycles. The number of nitrogens with one attached hydrogen (secondary N) is 1. The first kappa shape index (κ1) is 23.5. The van der Waals surface area contributed by atoms with Gasteiger partial charge >= 0.3 is 5.30 Å². The van der Waals surface area contributed by atoms with Crippen LogP contribution in [0.2, 0.25) is 0 Å². The van der Waals surface area contributed by atoms with E-state index in [9.17, 15) is 24.1 Å². The Hall–Kier alpha value is -2.75. The van der Waals surface area contributed by atoms with E-state index in [1.807, 2.05) is 30.3 Å². The molecule has 1 N–H and O–H groups in total. The molecule has 3 atom stereocenters. The zero-order chi connectivity index (χ0) is 21.9. The van der Waals surface area contributed by atoms with Gasteiger partial charge in [-0.05, 0) is 41.8 Å². The summed E-state index contributed by atoms with van der Waals surface area (Å²) in [5, 5.41) is 4.49. The van der Waals surface area contributed by atoms with Crippen LogP contribution in [0.15, 0.2) is 35.5 Å². The molecule has 0 saturated carbocycles. The molecule has 1 aromatic carbocycles. The van der Waals surface area contributed by atoms with E-state index < -0.39 is 30.0 Å². The van der Waals surface area contributed by atoms with Crippen LogP contribution in [0.3, 0.4) is 0 Å². The number of carbonyl (C=O) groups is 4. The number of benzene rings is 1. The lowest BCUT2D eigenvalue weighted by Crippen LogP contribution is -2.51. The number of aldehydes is 1. The van der Waals surface area contributed by atoms with E-state index in [0.717, 1.165) is 17.3 Å². The van der Waals surface area contributed by atoms with E-state index in [4.69, 9.17) is 0 Å². The molecule has 1 saturated heterocycles. The van der Waals surface area contributed by atoms with Crippen LogP contribution in [0.5, 0.6) is 0 Å². The van der Waals surface area contributed by atoms with Gasteiger partial charge in [-0.15, -0.1) is 4.91 Å². The smallest absolute Gasteiger partial charge is 0.369 e. The van der Waals surface area contributed by atoms with Crippen molar-refractivity contribution in [3.8, 4) is 0 Å². The summed E-state index contributed by atoms with van der Waals surface area (Å²) in [7, 11) is 0. The molecular weight excluding hydrogens is 410 g/mol. The number of nitrogens with zero attached hydrogens (tertiary/aromatic N) is 2. The van der Waals surface area contributed by atoms with E-state index in [1.165, 1.54) is 4.90 Å². The van der Waals surface area contributed by atoms with Crippen LogP contribution in [0.25, 0.3) is 0 Å². The standard InChI is InChI=1S/C20H25N3O6S/c1-14(12-30-20(27)29-13-21-28)19(26)23-9-5-8-17(23)18(25)22-16(11-24)10-15-6-3-2-4-7-15/h2-4,6-7,11,14,16-17H,5,8-10,12-13H2,1H3,(H,22,25)/t14-,16-,17+/m1/s1. The van der Waals surface area contributed by atoms with E-state index in [-0.39, 0.29) is 17.6 Å². The Morgan fingerprint density at radius 2 is 2.07 bits per heavy atom. The topological polar surface area (TPSA) is 122 Å². The molecule has 1 fully saturated rings.